The van der Waals surface area contributed by atoms with Crippen LogP contribution in [0.3, 0.4) is 0 Å². The second-order valence-corrected chi connectivity index (χ2v) is 7.43. The van der Waals surface area contributed by atoms with Crippen LogP contribution in [0.15, 0.2) is 53.4 Å². The lowest BCUT2D eigenvalue weighted by Crippen LogP contribution is -2.38. The van der Waals surface area contributed by atoms with Gasteiger partial charge in [0.15, 0.2) is 0 Å². The van der Waals surface area contributed by atoms with Crippen molar-refractivity contribution in [1.82, 2.24) is 9.62 Å². The molecule has 0 aliphatic heterocycles. The van der Waals surface area contributed by atoms with Gasteiger partial charge in [-0.3, -0.25) is 4.79 Å². The highest BCUT2D eigenvalue weighted by Crippen LogP contribution is 2.20. The van der Waals surface area contributed by atoms with Crippen molar-refractivity contribution in [2.45, 2.75) is 18.4 Å². The van der Waals surface area contributed by atoms with Crippen molar-refractivity contribution in [3.8, 4) is 5.75 Å². The minimum absolute atomic E-state index is 0.131. The van der Waals surface area contributed by atoms with Gasteiger partial charge in [0.25, 0.3) is 0 Å². The zero-order valence-electron chi connectivity index (χ0n) is 14.5. The van der Waals surface area contributed by atoms with Crippen LogP contribution in [0.2, 0.25) is 0 Å². The fourth-order valence-electron chi connectivity index (χ4n) is 2.37. The lowest BCUT2D eigenvalue weighted by molar-refractivity contribution is -0.129. The Morgan fingerprint density at radius 2 is 1.84 bits per heavy atom. The second kappa shape index (κ2) is 8.13. The monoisotopic (exact) mass is 362 g/mol. The minimum atomic E-state index is -3.77. The van der Waals surface area contributed by atoms with Crippen LogP contribution in [0, 0.1) is 6.92 Å². The molecule has 0 atom stereocenters. The molecule has 0 spiro atoms. The summed E-state index contributed by atoms with van der Waals surface area (Å²) in [5.74, 6) is 0.272. The number of nitrogens with zero attached hydrogens (tertiary/aromatic N) is 1. The van der Waals surface area contributed by atoms with Crippen molar-refractivity contribution in [3.05, 3.63) is 59.7 Å². The molecule has 6 nitrogen and oxygen atoms in total. The molecule has 0 unspecified atom stereocenters. The number of ether oxygens (including phenoxy) is 1. The molecule has 2 aromatic carbocycles. The topological polar surface area (TPSA) is 75.7 Å². The lowest BCUT2D eigenvalue weighted by Gasteiger charge is -2.18. The van der Waals surface area contributed by atoms with Crippen LogP contribution in [0.25, 0.3) is 0 Å². The normalized spacial score (nSPS) is 11.2. The molecule has 1 N–H and O–H groups in total. The van der Waals surface area contributed by atoms with Gasteiger partial charge in [-0.15, -0.1) is 0 Å². The highest BCUT2D eigenvalue weighted by molar-refractivity contribution is 7.89. The molecule has 0 heterocycles. The van der Waals surface area contributed by atoms with Crippen LogP contribution in [-0.4, -0.2) is 39.9 Å². The van der Waals surface area contributed by atoms with Gasteiger partial charge in [-0.1, -0.05) is 30.3 Å². The number of likely N-dealkylation sites (N-methyl/N-ethyl adjacent to an activating group) is 1. The summed E-state index contributed by atoms with van der Waals surface area (Å²) in [4.78, 5) is 13.8. The van der Waals surface area contributed by atoms with Crippen LogP contribution in [0.4, 0.5) is 0 Å². The van der Waals surface area contributed by atoms with Crippen LogP contribution in [-0.2, 0) is 21.4 Å². The SMILES string of the molecule is COc1ccc(S(=O)(=O)NCC(=O)N(C)Cc2ccccc2)c(C)c1. The fraction of sp³-hybridized carbons (Fsp3) is 0.278. The molecule has 0 bridgehead atoms. The number of nitrogens with one attached hydrogen (secondary N) is 1. The number of amides is 1. The third kappa shape index (κ3) is 5.04. The first-order chi connectivity index (χ1) is 11.8. The largest absolute Gasteiger partial charge is 0.497 e. The van der Waals surface area contributed by atoms with Crippen molar-refractivity contribution in [1.29, 1.82) is 0 Å². The van der Waals surface area contributed by atoms with Gasteiger partial charge in [0.1, 0.15) is 5.75 Å². The Hall–Kier alpha value is -2.38. The van der Waals surface area contributed by atoms with E-state index in [0.29, 0.717) is 17.9 Å². The summed E-state index contributed by atoms with van der Waals surface area (Å²) in [5, 5.41) is 0. The van der Waals surface area contributed by atoms with E-state index in [1.807, 2.05) is 30.3 Å². The third-order valence-corrected chi connectivity index (χ3v) is 5.33. The molecule has 0 saturated carbocycles. The van der Waals surface area contributed by atoms with Crippen LogP contribution >= 0.6 is 0 Å². The first kappa shape index (κ1) is 19.0. The molecule has 1 amide bonds. The number of aryl methyl sites for hydroxylation is 1. The quantitative estimate of drug-likeness (QED) is 0.817. The van der Waals surface area contributed by atoms with E-state index >= 15 is 0 Å². The third-order valence-electron chi connectivity index (χ3n) is 3.77. The van der Waals surface area contributed by atoms with E-state index < -0.39 is 10.0 Å². The number of hydrogen-bond acceptors (Lipinski definition) is 4. The molecule has 25 heavy (non-hydrogen) atoms. The van der Waals surface area contributed by atoms with Gasteiger partial charge in [-0.25, -0.2) is 13.1 Å². The summed E-state index contributed by atoms with van der Waals surface area (Å²) in [6.45, 7) is 1.81. The highest BCUT2D eigenvalue weighted by atomic mass is 32.2. The molecule has 0 aliphatic rings. The van der Waals surface area contributed by atoms with Gasteiger partial charge in [0.2, 0.25) is 15.9 Å². The minimum Gasteiger partial charge on any atom is -0.497 e. The predicted molar refractivity (Wildman–Crippen MR) is 95.8 cm³/mol. The van der Waals surface area contributed by atoms with Gasteiger partial charge in [-0.2, -0.15) is 0 Å². The average Bonchev–Trinajstić information content (AvgIpc) is 2.60. The Balaban J connectivity index is 2.00. The van der Waals surface area contributed by atoms with E-state index in [4.69, 9.17) is 4.74 Å². The van der Waals surface area contributed by atoms with E-state index in [9.17, 15) is 13.2 Å². The Kier molecular flexibility index (Phi) is 6.17. The maximum Gasteiger partial charge on any atom is 0.241 e. The molecule has 0 saturated heterocycles. The van der Waals surface area contributed by atoms with Crippen LogP contribution < -0.4 is 9.46 Å². The van der Waals surface area contributed by atoms with E-state index in [2.05, 4.69) is 4.72 Å². The van der Waals surface area contributed by atoms with Crippen molar-refractivity contribution in [2.75, 3.05) is 20.7 Å². The van der Waals surface area contributed by atoms with Gasteiger partial charge in [0, 0.05) is 13.6 Å². The predicted octanol–water partition coefficient (Wildman–Crippen LogP) is 1.94. The summed E-state index contributed by atoms with van der Waals surface area (Å²) in [7, 11) is -0.613. The number of carbonyl (C=O) groups excluding carboxylic acids is 1. The van der Waals surface area contributed by atoms with E-state index in [1.165, 1.54) is 18.1 Å². The summed E-state index contributed by atoms with van der Waals surface area (Å²) >= 11 is 0. The van der Waals surface area contributed by atoms with Crippen LogP contribution in [0.5, 0.6) is 5.75 Å². The molecule has 0 aromatic heterocycles. The highest BCUT2D eigenvalue weighted by Gasteiger charge is 2.19. The smallest absolute Gasteiger partial charge is 0.241 e. The Labute approximate surface area is 148 Å². The van der Waals surface area contributed by atoms with Crippen molar-refractivity contribution in [2.24, 2.45) is 0 Å². The number of sulfonamides is 1. The summed E-state index contributed by atoms with van der Waals surface area (Å²) in [6.07, 6.45) is 0. The van der Waals surface area contributed by atoms with E-state index in [0.717, 1.165) is 5.56 Å². The Morgan fingerprint density at radius 3 is 2.44 bits per heavy atom. The van der Waals surface area contributed by atoms with Crippen molar-refractivity contribution in [3.63, 3.8) is 0 Å². The van der Waals surface area contributed by atoms with Gasteiger partial charge in [-0.05, 0) is 36.2 Å². The number of rotatable bonds is 7. The zero-order valence-corrected chi connectivity index (χ0v) is 15.3. The van der Waals surface area contributed by atoms with Crippen LogP contribution in [0.1, 0.15) is 11.1 Å². The molecule has 0 radical (unpaired) electrons. The molecule has 7 heteroatoms. The number of carbonyl (C=O) groups is 1. The van der Waals surface area contributed by atoms with Gasteiger partial charge < -0.3 is 9.64 Å². The number of methoxy groups -OCH3 is 1. The molecule has 2 aromatic rings. The molecule has 0 aliphatic carbocycles. The molecule has 2 rings (SSSR count). The average molecular weight is 362 g/mol. The summed E-state index contributed by atoms with van der Waals surface area (Å²) < 4.78 is 32.3. The fourth-order valence-corrected chi connectivity index (χ4v) is 3.56. The Morgan fingerprint density at radius 1 is 1.16 bits per heavy atom. The molecule has 0 fully saturated rings. The summed E-state index contributed by atoms with van der Waals surface area (Å²) in [6, 6.07) is 14.2. The van der Waals surface area contributed by atoms with E-state index in [1.54, 1.807) is 26.1 Å². The lowest BCUT2D eigenvalue weighted by atomic mass is 10.2. The molecular formula is C18H22N2O4S. The maximum absolute atomic E-state index is 12.4. The Bertz CT molecular complexity index is 835. The second-order valence-electron chi connectivity index (χ2n) is 5.69. The number of benzene rings is 2. The first-order valence-corrected chi connectivity index (χ1v) is 9.24. The van der Waals surface area contributed by atoms with Gasteiger partial charge in [0.05, 0.1) is 18.6 Å². The molecular weight excluding hydrogens is 340 g/mol. The first-order valence-electron chi connectivity index (χ1n) is 7.75. The van der Waals surface area contributed by atoms with Crippen molar-refractivity contribution >= 4 is 15.9 Å². The number of hydrogen-bond donors (Lipinski definition) is 1. The molecule has 134 valence electrons. The van der Waals surface area contributed by atoms with E-state index in [-0.39, 0.29) is 17.3 Å². The maximum atomic E-state index is 12.4. The summed E-state index contributed by atoms with van der Waals surface area (Å²) in [5.41, 5.74) is 1.53. The standard InChI is InChI=1S/C18H22N2O4S/c1-14-11-16(24-3)9-10-17(14)25(22,23)19-12-18(21)20(2)13-15-7-5-4-6-8-15/h4-11,19H,12-13H2,1-3H3. The zero-order chi connectivity index (χ0) is 18.4. The van der Waals surface area contributed by atoms with Crippen molar-refractivity contribution < 1.29 is 17.9 Å². The van der Waals surface area contributed by atoms with Gasteiger partial charge >= 0.3 is 0 Å².